The molecular formula is C11H14N6O. The Bertz CT molecular complexity index is 502. The molecule has 7 heteroatoms. The Hall–Kier alpha value is -2.18. The second-order valence-electron chi connectivity index (χ2n) is 4.31. The van der Waals surface area contributed by atoms with Crippen LogP contribution in [0.5, 0.6) is 0 Å². The van der Waals surface area contributed by atoms with Crippen molar-refractivity contribution in [1.29, 1.82) is 0 Å². The van der Waals surface area contributed by atoms with Gasteiger partial charge in [-0.25, -0.2) is 14.7 Å². The molecule has 1 unspecified atom stereocenters. The molecule has 94 valence electrons. The van der Waals surface area contributed by atoms with Crippen LogP contribution in [-0.2, 0) is 4.79 Å². The molecule has 2 heterocycles. The highest BCUT2D eigenvalue weighted by Gasteiger charge is 2.35. The molecule has 0 bridgehead atoms. The van der Waals surface area contributed by atoms with Crippen molar-refractivity contribution in [3.05, 3.63) is 24.9 Å². The van der Waals surface area contributed by atoms with Gasteiger partial charge in [-0.05, 0) is 18.9 Å². The summed E-state index contributed by atoms with van der Waals surface area (Å²) in [7, 11) is 1.59. The van der Waals surface area contributed by atoms with Gasteiger partial charge >= 0.3 is 0 Å². The minimum atomic E-state index is -0.308. The van der Waals surface area contributed by atoms with Gasteiger partial charge in [0.1, 0.15) is 18.4 Å². The van der Waals surface area contributed by atoms with Gasteiger partial charge in [0, 0.05) is 19.3 Å². The van der Waals surface area contributed by atoms with Crippen LogP contribution in [0.1, 0.15) is 19.1 Å². The standard InChI is InChI=1S/C11H14N6O/c1-12-10(18)9-4-5-16(8-2-3-8)11(15-9)17-7-13-6-14-17/h4-8,11H,2-3H2,1H3,(H,12,18). The van der Waals surface area contributed by atoms with Crippen LogP contribution in [0.4, 0.5) is 0 Å². The van der Waals surface area contributed by atoms with Gasteiger partial charge in [-0.15, -0.1) is 0 Å². The maximum atomic E-state index is 11.6. The fraction of sp³-hybridized carbons (Fsp3) is 0.455. The zero-order chi connectivity index (χ0) is 12.5. The van der Waals surface area contributed by atoms with Crippen LogP contribution in [0.3, 0.4) is 0 Å². The minimum absolute atomic E-state index is 0.188. The molecule has 1 saturated carbocycles. The highest BCUT2D eigenvalue weighted by Crippen LogP contribution is 2.34. The first-order valence-electron chi connectivity index (χ1n) is 5.89. The van der Waals surface area contributed by atoms with Crippen molar-refractivity contribution in [2.24, 2.45) is 4.99 Å². The summed E-state index contributed by atoms with van der Waals surface area (Å²) in [4.78, 5) is 22.1. The van der Waals surface area contributed by atoms with Gasteiger partial charge in [0.15, 0.2) is 0 Å². The zero-order valence-corrected chi connectivity index (χ0v) is 10.0. The summed E-state index contributed by atoms with van der Waals surface area (Å²) in [5, 5.41) is 6.69. The molecule has 1 aliphatic carbocycles. The normalized spacial score (nSPS) is 22.8. The van der Waals surface area contributed by atoms with Gasteiger partial charge in [0.2, 0.25) is 6.29 Å². The summed E-state index contributed by atoms with van der Waals surface area (Å²) >= 11 is 0. The number of carbonyl (C=O) groups excluding carboxylic acids is 1. The maximum absolute atomic E-state index is 11.6. The van der Waals surface area contributed by atoms with Gasteiger partial charge in [0.05, 0.1) is 0 Å². The molecule has 1 aromatic heterocycles. The maximum Gasteiger partial charge on any atom is 0.269 e. The third-order valence-electron chi connectivity index (χ3n) is 3.03. The number of nitrogens with one attached hydrogen (secondary N) is 1. The van der Waals surface area contributed by atoms with E-state index >= 15 is 0 Å². The lowest BCUT2D eigenvalue weighted by Crippen LogP contribution is -2.36. The highest BCUT2D eigenvalue weighted by molar-refractivity contribution is 6.43. The Morgan fingerprint density at radius 2 is 2.33 bits per heavy atom. The van der Waals surface area contributed by atoms with Crippen LogP contribution in [0.2, 0.25) is 0 Å². The van der Waals surface area contributed by atoms with Gasteiger partial charge in [0.25, 0.3) is 5.91 Å². The number of carbonyl (C=O) groups is 1. The third kappa shape index (κ3) is 1.87. The van der Waals surface area contributed by atoms with E-state index in [2.05, 4.69) is 25.3 Å². The first kappa shape index (κ1) is 10.9. The van der Waals surface area contributed by atoms with E-state index in [0.717, 1.165) is 12.8 Å². The van der Waals surface area contributed by atoms with E-state index in [1.54, 1.807) is 24.1 Å². The van der Waals surface area contributed by atoms with E-state index in [-0.39, 0.29) is 12.2 Å². The monoisotopic (exact) mass is 246 g/mol. The molecule has 1 fully saturated rings. The molecule has 2 aliphatic rings. The molecule has 1 N–H and O–H groups in total. The van der Waals surface area contributed by atoms with E-state index in [1.807, 2.05) is 6.20 Å². The number of hydrogen-bond donors (Lipinski definition) is 1. The first-order chi connectivity index (χ1) is 8.79. The van der Waals surface area contributed by atoms with Crippen LogP contribution < -0.4 is 5.32 Å². The zero-order valence-electron chi connectivity index (χ0n) is 10.0. The van der Waals surface area contributed by atoms with Crippen LogP contribution in [0.15, 0.2) is 29.9 Å². The van der Waals surface area contributed by atoms with Crippen LogP contribution >= 0.6 is 0 Å². The van der Waals surface area contributed by atoms with Gasteiger partial charge < -0.3 is 10.2 Å². The molecule has 1 aliphatic heterocycles. The fourth-order valence-corrected chi connectivity index (χ4v) is 1.95. The fourth-order valence-electron chi connectivity index (χ4n) is 1.95. The Kier molecular flexibility index (Phi) is 2.58. The van der Waals surface area contributed by atoms with Crippen molar-refractivity contribution < 1.29 is 4.79 Å². The lowest BCUT2D eigenvalue weighted by Gasteiger charge is -2.30. The molecule has 0 radical (unpaired) electrons. The second kappa shape index (κ2) is 4.25. The first-order valence-corrected chi connectivity index (χ1v) is 5.89. The third-order valence-corrected chi connectivity index (χ3v) is 3.03. The van der Waals surface area contributed by atoms with Crippen molar-refractivity contribution >= 4 is 11.6 Å². The number of rotatable bonds is 3. The molecule has 3 rings (SSSR count). The lowest BCUT2D eigenvalue weighted by atomic mass is 10.3. The van der Waals surface area contributed by atoms with E-state index in [9.17, 15) is 4.79 Å². The summed E-state index contributed by atoms with van der Waals surface area (Å²) in [6.45, 7) is 0. The average Bonchev–Trinajstić information content (AvgIpc) is 3.11. The van der Waals surface area contributed by atoms with E-state index in [0.29, 0.717) is 11.8 Å². The van der Waals surface area contributed by atoms with E-state index in [1.165, 1.54) is 6.33 Å². The summed E-state index contributed by atoms with van der Waals surface area (Å²) in [6, 6.07) is 0.491. The highest BCUT2D eigenvalue weighted by atomic mass is 16.1. The Morgan fingerprint density at radius 1 is 1.50 bits per heavy atom. The average molecular weight is 246 g/mol. The number of aromatic nitrogens is 3. The van der Waals surface area contributed by atoms with Crippen molar-refractivity contribution in [3.63, 3.8) is 0 Å². The van der Waals surface area contributed by atoms with Crippen molar-refractivity contribution in [2.45, 2.75) is 25.2 Å². The van der Waals surface area contributed by atoms with Gasteiger partial charge in [-0.3, -0.25) is 4.79 Å². The predicted octanol–water partition coefficient (Wildman–Crippen LogP) is -0.0871. The van der Waals surface area contributed by atoms with Crippen molar-refractivity contribution in [3.8, 4) is 0 Å². The molecule has 7 nitrogen and oxygen atoms in total. The van der Waals surface area contributed by atoms with E-state index < -0.39 is 0 Å². The quantitative estimate of drug-likeness (QED) is 0.809. The lowest BCUT2D eigenvalue weighted by molar-refractivity contribution is -0.114. The summed E-state index contributed by atoms with van der Waals surface area (Å²) in [5.41, 5.74) is 0.412. The molecule has 18 heavy (non-hydrogen) atoms. The Balaban J connectivity index is 1.91. The largest absolute Gasteiger partial charge is 0.354 e. The van der Waals surface area contributed by atoms with E-state index in [4.69, 9.17) is 0 Å². The molecular weight excluding hydrogens is 232 g/mol. The van der Waals surface area contributed by atoms with Gasteiger partial charge in [-0.2, -0.15) is 5.10 Å². The molecule has 0 aromatic carbocycles. The SMILES string of the molecule is CNC(=O)C1=NC(n2cncn2)N(C2CC2)C=C1. The van der Waals surface area contributed by atoms with Crippen LogP contribution in [0, 0.1) is 0 Å². The molecule has 0 saturated heterocycles. The summed E-state index contributed by atoms with van der Waals surface area (Å²) < 4.78 is 1.66. The van der Waals surface area contributed by atoms with Crippen molar-refractivity contribution in [1.82, 2.24) is 25.0 Å². The van der Waals surface area contributed by atoms with Crippen LogP contribution in [0.25, 0.3) is 0 Å². The molecule has 0 spiro atoms. The number of amides is 1. The molecule has 1 amide bonds. The van der Waals surface area contributed by atoms with Gasteiger partial charge in [-0.1, -0.05) is 0 Å². The predicted molar refractivity (Wildman–Crippen MR) is 64.6 cm³/mol. The van der Waals surface area contributed by atoms with Crippen LogP contribution in [-0.4, -0.2) is 44.4 Å². The summed E-state index contributed by atoms with van der Waals surface area (Å²) in [6.07, 6.45) is 8.74. The number of nitrogens with zero attached hydrogens (tertiary/aromatic N) is 5. The Morgan fingerprint density at radius 3 is 2.94 bits per heavy atom. The summed E-state index contributed by atoms with van der Waals surface area (Å²) in [5.74, 6) is -0.188. The van der Waals surface area contributed by atoms with Crippen molar-refractivity contribution in [2.75, 3.05) is 7.05 Å². The molecule has 1 atom stereocenters. The number of aliphatic imine (C=N–C) groups is 1. The topological polar surface area (TPSA) is 75.4 Å². The minimum Gasteiger partial charge on any atom is -0.354 e. The number of hydrogen-bond acceptors (Lipinski definition) is 5. The smallest absolute Gasteiger partial charge is 0.269 e. The molecule has 1 aromatic rings. The Labute approximate surface area is 104 Å². The second-order valence-corrected chi connectivity index (χ2v) is 4.31.